The van der Waals surface area contributed by atoms with E-state index >= 15 is 0 Å². The molecule has 3 N–H and O–H groups in total. The molecule has 7 heteroatoms. The van der Waals surface area contributed by atoms with Gasteiger partial charge in [0.05, 0.1) is 6.54 Å². The van der Waals surface area contributed by atoms with Crippen molar-refractivity contribution in [1.82, 2.24) is 9.78 Å². The molecule has 2 aromatic rings. The van der Waals surface area contributed by atoms with Gasteiger partial charge in [0.1, 0.15) is 4.90 Å². The van der Waals surface area contributed by atoms with Crippen molar-refractivity contribution in [3.63, 3.8) is 0 Å². The fraction of sp³-hybridized carbons (Fsp3) is 0.214. The number of sulfonamides is 1. The molecule has 0 radical (unpaired) electrons. The van der Waals surface area contributed by atoms with Gasteiger partial charge in [-0.25, -0.2) is 8.42 Å². The van der Waals surface area contributed by atoms with Gasteiger partial charge < -0.3 is 5.73 Å². The van der Waals surface area contributed by atoms with Crippen LogP contribution in [0.25, 0.3) is 0 Å². The van der Waals surface area contributed by atoms with E-state index in [1.165, 1.54) is 10.7 Å². The summed E-state index contributed by atoms with van der Waals surface area (Å²) < 4.78 is 28.8. The molecule has 2 rings (SSSR count). The Kier molecular flexibility index (Phi) is 4.31. The molecule has 1 aromatic heterocycles. The first kappa shape index (κ1) is 15.1. The third-order valence-corrected chi connectivity index (χ3v) is 4.12. The van der Waals surface area contributed by atoms with E-state index in [0.717, 1.165) is 5.56 Å². The second kappa shape index (κ2) is 5.99. The molecule has 0 fully saturated rings. The maximum atomic E-state index is 12.4. The zero-order valence-corrected chi connectivity index (χ0v) is 12.6. The molecule has 0 saturated carbocycles. The number of hydrogen-bond acceptors (Lipinski definition) is 4. The van der Waals surface area contributed by atoms with Crippen molar-refractivity contribution >= 4 is 15.8 Å². The predicted octanol–water partition coefficient (Wildman–Crippen LogP) is 0.840. The van der Waals surface area contributed by atoms with Gasteiger partial charge in [-0.2, -0.15) is 5.10 Å². The Balaban J connectivity index is 2.44. The van der Waals surface area contributed by atoms with Crippen molar-refractivity contribution in [2.75, 3.05) is 11.3 Å². The number of benzene rings is 1. The average Bonchev–Trinajstić information content (AvgIpc) is 2.80. The summed E-state index contributed by atoms with van der Waals surface area (Å²) in [7, 11) is -2.04. The van der Waals surface area contributed by atoms with E-state index in [0.29, 0.717) is 5.56 Å². The molecular formula is C14H16N4O2S. The SMILES string of the molecule is Cc1ccc(S(=O)(=O)Nc2ccn(C)n2)c(C#CCN)c1. The zero-order valence-electron chi connectivity index (χ0n) is 11.8. The quantitative estimate of drug-likeness (QED) is 0.822. The van der Waals surface area contributed by atoms with Crippen molar-refractivity contribution < 1.29 is 8.42 Å². The maximum Gasteiger partial charge on any atom is 0.264 e. The highest BCUT2D eigenvalue weighted by Gasteiger charge is 2.19. The predicted molar refractivity (Wildman–Crippen MR) is 81.1 cm³/mol. The van der Waals surface area contributed by atoms with Crippen LogP contribution in [0.2, 0.25) is 0 Å². The van der Waals surface area contributed by atoms with E-state index in [9.17, 15) is 8.42 Å². The van der Waals surface area contributed by atoms with Gasteiger partial charge >= 0.3 is 0 Å². The van der Waals surface area contributed by atoms with Crippen LogP contribution < -0.4 is 10.5 Å². The lowest BCUT2D eigenvalue weighted by Crippen LogP contribution is -2.15. The van der Waals surface area contributed by atoms with Crippen molar-refractivity contribution in [2.45, 2.75) is 11.8 Å². The third kappa shape index (κ3) is 3.62. The summed E-state index contributed by atoms with van der Waals surface area (Å²) in [5, 5.41) is 4.00. The lowest BCUT2D eigenvalue weighted by atomic mass is 10.1. The molecule has 1 aromatic carbocycles. The average molecular weight is 304 g/mol. The van der Waals surface area contributed by atoms with Crippen LogP contribution in [0.3, 0.4) is 0 Å². The molecular weight excluding hydrogens is 288 g/mol. The van der Waals surface area contributed by atoms with Gasteiger partial charge in [0, 0.05) is 24.9 Å². The highest BCUT2D eigenvalue weighted by molar-refractivity contribution is 7.92. The maximum absolute atomic E-state index is 12.4. The number of nitrogens with zero attached hydrogens (tertiary/aromatic N) is 2. The topological polar surface area (TPSA) is 90.0 Å². The molecule has 6 nitrogen and oxygen atoms in total. The summed E-state index contributed by atoms with van der Waals surface area (Å²) in [5.74, 6) is 5.73. The highest BCUT2D eigenvalue weighted by atomic mass is 32.2. The lowest BCUT2D eigenvalue weighted by Gasteiger charge is -2.08. The fourth-order valence-electron chi connectivity index (χ4n) is 1.78. The number of anilines is 1. The molecule has 0 aliphatic rings. The molecule has 0 saturated heterocycles. The normalized spacial score (nSPS) is 10.8. The number of aryl methyl sites for hydroxylation is 2. The van der Waals surface area contributed by atoms with Crippen LogP contribution >= 0.6 is 0 Å². The molecule has 1 heterocycles. The summed E-state index contributed by atoms with van der Waals surface area (Å²) in [4.78, 5) is 0.111. The van der Waals surface area contributed by atoms with Crippen LogP contribution in [0.1, 0.15) is 11.1 Å². The van der Waals surface area contributed by atoms with Crippen LogP contribution in [0.5, 0.6) is 0 Å². The van der Waals surface area contributed by atoms with Crippen molar-refractivity contribution in [3.05, 3.63) is 41.6 Å². The largest absolute Gasteiger partial charge is 0.320 e. The number of hydrogen-bond donors (Lipinski definition) is 2. The van der Waals surface area contributed by atoms with E-state index in [1.807, 2.05) is 6.92 Å². The molecule has 0 unspecified atom stereocenters. The van der Waals surface area contributed by atoms with Gasteiger partial charge in [-0.3, -0.25) is 9.40 Å². The molecule has 110 valence electrons. The van der Waals surface area contributed by atoms with E-state index < -0.39 is 10.0 Å². The van der Waals surface area contributed by atoms with Gasteiger partial charge in [-0.15, -0.1) is 0 Å². The third-order valence-electron chi connectivity index (χ3n) is 2.70. The summed E-state index contributed by atoms with van der Waals surface area (Å²) >= 11 is 0. The fourth-order valence-corrected chi connectivity index (χ4v) is 2.93. The van der Waals surface area contributed by atoms with E-state index in [-0.39, 0.29) is 17.3 Å². The van der Waals surface area contributed by atoms with E-state index in [1.54, 1.807) is 31.4 Å². The Bertz CT molecular complexity index is 813. The smallest absolute Gasteiger partial charge is 0.264 e. The molecule has 0 aliphatic carbocycles. The van der Waals surface area contributed by atoms with Crippen LogP contribution in [-0.4, -0.2) is 24.7 Å². The number of nitrogens with one attached hydrogen (secondary N) is 1. The van der Waals surface area contributed by atoms with E-state index in [4.69, 9.17) is 5.73 Å². The standard InChI is InChI=1S/C14H16N4O2S/c1-11-5-6-13(12(10-11)4-3-8-15)21(19,20)17-14-7-9-18(2)16-14/h5-7,9-10H,8,15H2,1-2H3,(H,16,17). The monoisotopic (exact) mass is 304 g/mol. The number of rotatable bonds is 3. The van der Waals surface area contributed by atoms with Crippen molar-refractivity contribution in [1.29, 1.82) is 0 Å². The first-order chi connectivity index (χ1) is 9.92. The van der Waals surface area contributed by atoms with Crippen LogP contribution in [-0.2, 0) is 17.1 Å². The van der Waals surface area contributed by atoms with Gasteiger partial charge in [-0.05, 0) is 24.6 Å². The Hall–Kier alpha value is -2.30. The van der Waals surface area contributed by atoms with Crippen LogP contribution in [0, 0.1) is 18.8 Å². The van der Waals surface area contributed by atoms with Gasteiger partial charge in [-0.1, -0.05) is 17.9 Å². The number of aromatic nitrogens is 2. The van der Waals surface area contributed by atoms with Gasteiger partial charge in [0.15, 0.2) is 5.82 Å². The summed E-state index contributed by atoms with van der Waals surface area (Å²) in [6.45, 7) is 2.04. The Labute approximate surface area is 124 Å². The summed E-state index contributed by atoms with van der Waals surface area (Å²) in [5.41, 5.74) is 6.69. The molecule has 21 heavy (non-hydrogen) atoms. The minimum absolute atomic E-state index is 0.111. The lowest BCUT2D eigenvalue weighted by molar-refractivity contribution is 0.600. The van der Waals surface area contributed by atoms with Crippen LogP contribution in [0.4, 0.5) is 5.82 Å². The molecule has 0 amide bonds. The molecule has 0 spiro atoms. The zero-order chi connectivity index (χ0) is 15.5. The minimum atomic E-state index is -3.75. The molecule has 0 bridgehead atoms. The number of nitrogens with two attached hydrogens (primary N) is 1. The first-order valence-corrected chi connectivity index (χ1v) is 7.73. The van der Waals surface area contributed by atoms with Crippen molar-refractivity contribution in [2.24, 2.45) is 12.8 Å². The Morgan fingerprint density at radius 3 is 2.76 bits per heavy atom. The van der Waals surface area contributed by atoms with Gasteiger partial charge in [0.25, 0.3) is 10.0 Å². The van der Waals surface area contributed by atoms with Crippen LogP contribution in [0.15, 0.2) is 35.4 Å². The van der Waals surface area contributed by atoms with E-state index in [2.05, 4.69) is 21.7 Å². The second-order valence-corrected chi connectivity index (χ2v) is 6.14. The minimum Gasteiger partial charge on any atom is -0.320 e. The molecule has 0 aliphatic heterocycles. The second-order valence-electron chi connectivity index (χ2n) is 4.49. The Morgan fingerprint density at radius 1 is 1.38 bits per heavy atom. The first-order valence-electron chi connectivity index (χ1n) is 6.24. The summed E-state index contributed by atoms with van der Waals surface area (Å²) in [6.07, 6.45) is 1.65. The van der Waals surface area contributed by atoms with Gasteiger partial charge in [0.2, 0.25) is 0 Å². The highest BCUT2D eigenvalue weighted by Crippen LogP contribution is 2.19. The summed E-state index contributed by atoms with van der Waals surface area (Å²) in [6, 6.07) is 6.55. The Morgan fingerprint density at radius 2 is 2.14 bits per heavy atom. The van der Waals surface area contributed by atoms with Crippen molar-refractivity contribution in [3.8, 4) is 11.8 Å². The molecule has 0 atom stereocenters.